The Hall–Kier alpha value is -2.28. The number of benzene rings is 2. The van der Waals surface area contributed by atoms with Crippen molar-refractivity contribution in [3.05, 3.63) is 57.8 Å². The molecule has 1 heterocycles. The predicted molar refractivity (Wildman–Crippen MR) is 93.7 cm³/mol. The average Bonchev–Trinajstić information content (AvgIpc) is 3.02. The molecule has 2 aromatic rings. The van der Waals surface area contributed by atoms with Gasteiger partial charge in [0.05, 0.1) is 0 Å². The third-order valence-electron chi connectivity index (χ3n) is 3.50. The Morgan fingerprint density at radius 1 is 1.08 bits per heavy atom. The fourth-order valence-corrected chi connectivity index (χ4v) is 2.87. The van der Waals surface area contributed by atoms with Crippen molar-refractivity contribution in [2.75, 3.05) is 13.8 Å². The summed E-state index contributed by atoms with van der Waals surface area (Å²) in [7, 11) is 1.69. The molecule has 1 aliphatic rings. The number of aliphatic imine (C=N–C) groups is 1. The third-order valence-corrected chi connectivity index (χ3v) is 3.96. The summed E-state index contributed by atoms with van der Waals surface area (Å²) in [5.41, 5.74) is 1.88. The normalized spacial score (nSPS) is 13.0. The monoisotopic (exact) mass is 393 g/mol. The number of rotatable bonds is 4. The van der Waals surface area contributed by atoms with Gasteiger partial charge in [-0.3, -0.25) is 4.99 Å². The van der Waals surface area contributed by atoms with Crippen molar-refractivity contribution in [1.29, 1.82) is 0 Å². The lowest BCUT2D eigenvalue weighted by Crippen LogP contribution is -2.36. The van der Waals surface area contributed by atoms with Gasteiger partial charge in [-0.25, -0.2) is 4.39 Å². The van der Waals surface area contributed by atoms with E-state index in [0.717, 1.165) is 22.6 Å². The maximum atomic E-state index is 13.4. The molecule has 0 saturated heterocycles. The van der Waals surface area contributed by atoms with Gasteiger partial charge >= 0.3 is 0 Å². The summed E-state index contributed by atoms with van der Waals surface area (Å²) in [4.78, 5) is 4.17. The van der Waals surface area contributed by atoms with E-state index >= 15 is 0 Å². The minimum Gasteiger partial charge on any atom is -0.454 e. The summed E-state index contributed by atoms with van der Waals surface area (Å²) in [5.74, 6) is 1.87. The Morgan fingerprint density at radius 3 is 2.58 bits per heavy atom. The predicted octanol–water partition coefficient (Wildman–Crippen LogP) is 3.18. The van der Waals surface area contributed by atoms with Gasteiger partial charge in [0.1, 0.15) is 5.82 Å². The van der Waals surface area contributed by atoms with Crippen LogP contribution in [0, 0.1) is 5.82 Å². The van der Waals surface area contributed by atoms with Crippen LogP contribution in [0.1, 0.15) is 11.1 Å². The summed E-state index contributed by atoms with van der Waals surface area (Å²) in [5, 5.41) is 6.37. The Morgan fingerprint density at radius 2 is 1.83 bits per heavy atom. The van der Waals surface area contributed by atoms with Crippen molar-refractivity contribution in [1.82, 2.24) is 10.6 Å². The zero-order valence-corrected chi connectivity index (χ0v) is 14.7. The molecule has 0 aromatic heterocycles. The molecule has 0 bridgehead atoms. The van der Waals surface area contributed by atoms with E-state index in [1.54, 1.807) is 7.05 Å². The molecule has 0 aliphatic carbocycles. The number of fused-ring (bicyclic) bond motifs is 1. The zero-order valence-electron chi connectivity index (χ0n) is 13.1. The van der Waals surface area contributed by atoms with Crippen molar-refractivity contribution in [3.63, 3.8) is 0 Å². The van der Waals surface area contributed by atoms with Crippen LogP contribution in [0.5, 0.6) is 11.5 Å². The second-order valence-electron chi connectivity index (χ2n) is 5.24. The molecule has 0 amide bonds. The molecule has 7 heteroatoms. The van der Waals surface area contributed by atoms with Gasteiger partial charge in [-0.15, -0.1) is 0 Å². The number of halogens is 2. The Bertz CT molecular complexity index is 747. The molecule has 2 aromatic carbocycles. The van der Waals surface area contributed by atoms with Gasteiger partial charge in [-0.2, -0.15) is 0 Å². The highest BCUT2D eigenvalue weighted by atomic mass is 79.9. The molecule has 0 fully saturated rings. The quantitative estimate of drug-likeness (QED) is 0.618. The Balaban J connectivity index is 1.55. The molecule has 0 spiro atoms. The van der Waals surface area contributed by atoms with E-state index in [2.05, 4.69) is 31.6 Å². The lowest BCUT2D eigenvalue weighted by Gasteiger charge is -2.12. The van der Waals surface area contributed by atoms with E-state index in [1.807, 2.05) is 24.3 Å². The standard InChI is InChI=1S/C17H17BrFN3O2/c1-20-17(22-9-12-4-13(18)7-14(19)5-12)21-8-11-2-3-15-16(6-11)24-10-23-15/h2-7H,8-10H2,1H3,(H2,20,21,22). The first-order valence-corrected chi connectivity index (χ1v) is 8.21. The topological polar surface area (TPSA) is 54.9 Å². The van der Waals surface area contributed by atoms with E-state index in [-0.39, 0.29) is 12.6 Å². The smallest absolute Gasteiger partial charge is 0.231 e. The fourth-order valence-electron chi connectivity index (χ4n) is 2.36. The van der Waals surface area contributed by atoms with Crippen molar-refractivity contribution in [3.8, 4) is 11.5 Å². The molecule has 126 valence electrons. The first-order valence-electron chi connectivity index (χ1n) is 7.42. The minimum absolute atomic E-state index is 0.263. The Labute approximate surface area is 148 Å². The lowest BCUT2D eigenvalue weighted by atomic mass is 10.2. The van der Waals surface area contributed by atoms with Crippen LogP contribution in [0.25, 0.3) is 0 Å². The number of ether oxygens (including phenoxy) is 2. The van der Waals surface area contributed by atoms with E-state index in [4.69, 9.17) is 9.47 Å². The van der Waals surface area contributed by atoms with Crippen LogP contribution in [0.3, 0.4) is 0 Å². The van der Waals surface area contributed by atoms with Crippen LogP contribution >= 0.6 is 15.9 Å². The van der Waals surface area contributed by atoms with Crippen LogP contribution < -0.4 is 20.1 Å². The van der Waals surface area contributed by atoms with Gasteiger partial charge in [0, 0.05) is 24.6 Å². The molecular weight excluding hydrogens is 377 g/mol. The maximum absolute atomic E-state index is 13.4. The van der Waals surface area contributed by atoms with Crippen molar-refractivity contribution in [2.45, 2.75) is 13.1 Å². The summed E-state index contributed by atoms with van der Waals surface area (Å²) >= 11 is 3.29. The van der Waals surface area contributed by atoms with E-state index in [1.165, 1.54) is 12.1 Å². The van der Waals surface area contributed by atoms with Crippen molar-refractivity contribution in [2.24, 2.45) is 4.99 Å². The van der Waals surface area contributed by atoms with Crippen LogP contribution in [0.2, 0.25) is 0 Å². The highest BCUT2D eigenvalue weighted by molar-refractivity contribution is 9.10. The van der Waals surface area contributed by atoms with Crippen LogP contribution in [-0.2, 0) is 13.1 Å². The van der Waals surface area contributed by atoms with Crippen LogP contribution in [0.4, 0.5) is 4.39 Å². The Kier molecular flexibility index (Phi) is 5.20. The molecule has 0 saturated carbocycles. The van der Waals surface area contributed by atoms with Gasteiger partial charge in [-0.05, 0) is 41.5 Å². The molecule has 3 rings (SSSR count). The highest BCUT2D eigenvalue weighted by Crippen LogP contribution is 2.32. The van der Waals surface area contributed by atoms with Gasteiger partial charge in [0.25, 0.3) is 0 Å². The van der Waals surface area contributed by atoms with E-state index < -0.39 is 0 Å². The van der Waals surface area contributed by atoms with Gasteiger partial charge in [0.2, 0.25) is 6.79 Å². The van der Waals surface area contributed by atoms with Gasteiger partial charge in [-0.1, -0.05) is 22.0 Å². The van der Waals surface area contributed by atoms with E-state index in [0.29, 0.717) is 23.5 Å². The van der Waals surface area contributed by atoms with Crippen LogP contribution in [-0.4, -0.2) is 19.8 Å². The highest BCUT2D eigenvalue weighted by Gasteiger charge is 2.13. The zero-order chi connectivity index (χ0) is 16.9. The number of hydrogen-bond acceptors (Lipinski definition) is 3. The second kappa shape index (κ2) is 7.53. The maximum Gasteiger partial charge on any atom is 0.231 e. The average molecular weight is 394 g/mol. The lowest BCUT2D eigenvalue weighted by molar-refractivity contribution is 0.174. The summed E-state index contributed by atoms with van der Waals surface area (Å²) in [6, 6.07) is 10.6. The number of nitrogens with zero attached hydrogens (tertiary/aromatic N) is 1. The molecule has 2 N–H and O–H groups in total. The van der Waals surface area contributed by atoms with Crippen molar-refractivity contribution >= 4 is 21.9 Å². The molecule has 0 unspecified atom stereocenters. The molecule has 0 atom stereocenters. The largest absolute Gasteiger partial charge is 0.454 e. The number of hydrogen-bond donors (Lipinski definition) is 2. The summed E-state index contributed by atoms with van der Waals surface area (Å²) < 4.78 is 24.8. The van der Waals surface area contributed by atoms with Crippen LogP contribution in [0.15, 0.2) is 45.9 Å². The van der Waals surface area contributed by atoms with Gasteiger partial charge < -0.3 is 20.1 Å². The molecule has 24 heavy (non-hydrogen) atoms. The summed E-state index contributed by atoms with van der Waals surface area (Å²) in [6.07, 6.45) is 0. The first-order chi connectivity index (χ1) is 11.6. The molecular formula is C17H17BrFN3O2. The molecule has 1 aliphatic heterocycles. The number of nitrogens with one attached hydrogen (secondary N) is 2. The third kappa shape index (κ3) is 4.17. The second-order valence-corrected chi connectivity index (χ2v) is 6.16. The minimum atomic E-state index is -0.274. The summed E-state index contributed by atoms with van der Waals surface area (Å²) in [6.45, 7) is 1.32. The fraction of sp³-hybridized carbons (Fsp3) is 0.235. The SMILES string of the molecule is CN=C(NCc1cc(F)cc(Br)c1)NCc1ccc2c(c1)OCO2. The molecule has 0 radical (unpaired) electrons. The van der Waals surface area contributed by atoms with Gasteiger partial charge in [0.15, 0.2) is 17.5 Å². The van der Waals surface area contributed by atoms with E-state index in [9.17, 15) is 4.39 Å². The molecule has 5 nitrogen and oxygen atoms in total. The number of guanidine groups is 1. The van der Waals surface area contributed by atoms with Crippen molar-refractivity contribution < 1.29 is 13.9 Å². The first kappa shape index (κ1) is 16.6.